The molecule has 11 nitrogen and oxygen atoms in total. The molecule has 2 aromatic carbocycles. The number of amides is 1. The standard InChI is InChI=1S/C22H29N3O8S/c26-18-13-15(7-9-17(18)25-14-21(28)24-34(25,31)32)8-10-20(27)23-11-3-4-12-33-19-6-2-1-5-16(19)22(29)30/h1-2,5-7,9,13,21,24,26,28,31-32H,3-4,8,10-12,14H2,(H,23,27)(H,29,30). The average Bonchev–Trinajstić information content (AvgIpc) is 3.06. The number of carboxylic acid groups (broad SMARTS) is 1. The van der Waals surface area contributed by atoms with Crippen molar-refractivity contribution in [3.63, 3.8) is 0 Å². The van der Waals surface area contributed by atoms with Gasteiger partial charge in [-0.1, -0.05) is 29.2 Å². The predicted octanol–water partition coefficient (Wildman–Crippen LogP) is 2.31. The maximum absolute atomic E-state index is 12.1. The van der Waals surface area contributed by atoms with Crippen LogP contribution >= 0.6 is 11.0 Å². The van der Waals surface area contributed by atoms with Crippen molar-refractivity contribution in [1.82, 2.24) is 10.0 Å². The highest BCUT2D eigenvalue weighted by molar-refractivity contribution is 8.24. The van der Waals surface area contributed by atoms with Crippen LogP contribution in [0.1, 0.15) is 35.2 Å². The van der Waals surface area contributed by atoms with Crippen molar-refractivity contribution in [3.05, 3.63) is 53.6 Å². The summed E-state index contributed by atoms with van der Waals surface area (Å²) in [6.07, 6.45) is 0.771. The number of aliphatic hydroxyl groups excluding tert-OH is 1. The number of phenolic OH excluding ortho intramolecular Hbond substituents is 1. The minimum atomic E-state index is -3.42. The molecule has 186 valence electrons. The first-order valence-electron chi connectivity index (χ1n) is 10.7. The van der Waals surface area contributed by atoms with Gasteiger partial charge in [-0.05, 0) is 49.1 Å². The van der Waals surface area contributed by atoms with Crippen molar-refractivity contribution in [1.29, 1.82) is 0 Å². The number of aliphatic hydroxyl groups is 1. The van der Waals surface area contributed by atoms with Gasteiger partial charge in [0.25, 0.3) is 0 Å². The van der Waals surface area contributed by atoms with Crippen LogP contribution in [0.2, 0.25) is 0 Å². The van der Waals surface area contributed by atoms with Gasteiger partial charge in [0.05, 0.1) is 13.2 Å². The lowest BCUT2D eigenvalue weighted by molar-refractivity contribution is -0.121. The van der Waals surface area contributed by atoms with Gasteiger partial charge < -0.3 is 25.4 Å². The second-order valence-electron chi connectivity index (χ2n) is 7.74. The van der Waals surface area contributed by atoms with Crippen LogP contribution < -0.4 is 19.1 Å². The molecule has 1 atom stereocenters. The molecule has 12 heteroatoms. The number of nitrogens with one attached hydrogen (secondary N) is 2. The number of aryl methyl sites for hydroxylation is 1. The van der Waals surface area contributed by atoms with E-state index in [9.17, 15) is 28.9 Å². The predicted molar refractivity (Wildman–Crippen MR) is 127 cm³/mol. The van der Waals surface area contributed by atoms with Crippen molar-refractivity contribution in [2.75, 3.05) is 24.0 Å². The van der Waals surface area contributed by atoms with Gasteiger partial charge in [0.1, 0.15) is 29.0 Å². The Kier molecular flexibility index (Phi) is 8.58. The molecule has 7 N–H and O–H groups in total. The zero-order chi connectivity index (χ0) is 24.7. The van der Waals surface area contributed by atoms with E-state index in [1.165, 1.54) is 18.2 Å². The molecule has 1 saturated heterocycles. The number of ether oxygens (including phenoxy) is 1. The quantitative estimate of drug-likeness (QED) is 0.229. The number of carbonyl (C=O) groups is 2. The number of unbranched alkanes of at least 4 members (excludes halogenated alkanes) is 1. The zero-order valence-corrected chi connectivity index (χ0v) is 19.2. The highest BCUT2D eigenvalue weighted by Gasteiger charge is 2.36. The second-order valence-corrected chi connectivity index (χ2v) is 9.46. The number of rotatable bonds is 11. The Morgan fingerprint density at radius 1 is 1.18 bits per heavy atom. The van der Waals surface area contributed by atoms with E-state index in [4.69, 9.17) is 9.84 Å². The van der Waals surface area contributed by atoms with Crippen molar-refractivity contribution < 1.29 is 38.8 Å². The third-order valence-corrected chi connectivity index (χ3v) is 6.71. The molecule has 1 aliphatic heterocycles. The molecule has 0 bridgehead atoms. The fourth-order valence-corrected chi connectivity index (χ4v) is 4.81. The van der Waals surface area contributed by atoms with Crippen LogP contribution in [0.3, 0.4) is 0 Å². The van der Waals surface area contributed by atoms with Crippen molar-refractivity contribution in [3.8, 4) is 11.5 Å². The summed E-state index contributed by atoms with van der Waals surface area (Å²) in [5.41, 5.74) is 0.981. The molecule has 1 aliphatic rings. The highest BCUT2D eigenvalue weighted by Crippen LogP contribution is 2.49. The largest absolute Gasteiger partial charge is 0.506 e. The number of benzene rings is 2. The third-order valence-electron chi connectivity index (χ3n) is 5.16. The van der Waals surface area contributed by atoms with Crippen LogP contribution in [0.15, 0.2) is 42.5 Å². The first-order chi connectivity index (χ1) is 16.2. The Morgan fingerprint density at radius 2 is 1.94 bits per heavy atom. The molecule has 1 fully saturated rings. The van der Waals surface area contributed by atoms with Crippen molar-refractivity contribution in [2.24, 2.45) is 0 Å². The van der Waals surface area contributed by atoms with Crippen molar-refractivity contribution in [2.45, 2.75) is 31.9 Å². The molecule has 3 rings (SSSR count). The third kappa shape index (κ3) is 6.74. The number of carbonyl (C=O) groups excluding carboxylic acids is 1. The maximum Gasteiger partial charge on any atom is 0.339 e. The summed E-state index contributed by atoms with van der Waals surface area (Å²) >= 11 is 0. The minimum Gasteiger partial charge on any atom is -0.506 e. The number of nitrogens with zero attached hydrogens (tertiary/aromatic N) is 1. The van der Waals surface area contributed by atoms with Gasteiger partial charge in [-0.2, -0.15) is 4.72 Å². The summed E-state index contributed by atoms with van der Waals surface area (Å²) in [5.74, 6) is -1.07. The molecule has 1 amide bonds. The smallest absolute Gasteiger partial charge is 0.339 e. The Balaban J connectivity index is 1.36. The van der Waals surface area contributed by atoms with Crippen LogP contribution in [0, 0.1) is 0 Å². The average molecular weight is 496 g/mol. The van der Waals surface area contributed by atoms with Crippen LogP contribution in [0.5, 0.6) is 11.5 Å². The number of hydrogen-bond acceptors (Lipinski definition) is 9. The highest BCUT2D eigenvalue weighted by atomic mass is 32.3. The molecule has 0 radical (unpaired) electrons. The Bertz CT molecular complexity index is 1020. The number of para-hydroxylation sites is 1. The number of aromatic carboxylic acids is 1. The van der Waals surface area contributed by atoms with Gasteiger partial charge >= 0.3 is 5.97 Å². The lowest BCUT2D eigenvalue weighted by Crippen LogP contribution is -2.25. The molecule has 0 saturated carbocycles. The van der Waals surface area contributed by atoms with Crippen LogP contribution in [0.25, 0.3) is 0 Å². The number of hydrogen-bond donors (Lipinski definition) is 7. The first-order valence-corrected chi connectivity index (χ1v) is 12.2. The van der Waals surface area contributed by atoms with E-state index in [0.717, 1.165) is 4.31 Å². The molecule has 0 spiro atoms. The van der Waals surface area contributed by atoms with Crippen LogP contribution in [0.4, 0.5) is 5.69 Å². The first kappa shape index (κ1) is 25.6. The Hall–Kier alpha value is -3.03. The molecule has 34 heavy (non-hydrogen) atoms. The lowest BCUT2D eigenvalue weighted by atomic mass is 10.1. The van der Waals surface area contributed by atoms with E-state index in [0.29, 0.717) is 43.7 Å². The summed E-state index contributed by atoms with van der Waals surface area (Å²) in [5, 5.41) is 31.8. The maximum atomic E-state index is 12.1. The normalized spacial score (nSPS) is 17.9. The van der Waals surface area contributed by atoms with E-state index in [1.807, 2.05) is 0 Å². The van der Waals surface area contributed by atoms with Gasteiger partial charge in [0.15, 0.2) is 0 Å². The number of carboxylic acids is 1. The summed E-state index contributed by atoms with van der Waals surface area (Å²) in [7, 11) is -3.42. The molecule has 0 aliphatic carbocycles. The number of anilines is 1. The number of phenols is 1. The SMILES string of the molecule is O=C(CCc1ccc(N2CC(O)NS2(O)O)c(O)c1)NCCCCOc1ccccc1C(=O)O. The van der Waals surface area contributed by atoms with Gasteiger partial charge in [-0.3, -0.25) is 18.2 Å². The van der Waals surface area contributed by atoms with Gasteiger partial charge in [0, 0.05) is 13.0 Å². The van der Waals surface area contributed by atoms with E-state index in [2.05, 4.69) is 10.0 Å². The fraction of sp³-hybridized carbons (Fsp3) is 0.364. The lowest BCUT2D eigenvalue weighted by Gasteiger charge is -2.36. The Labute approximate surface area is 198 Å². The zero-order valence-electron chi connectivity index (χ0n) is 18.4. The van der Waals surface area contributed by atoms with E-state index in [-0.39, 0.29) is 35.9 Å². The summed E-state index contributed by atoms with van der Waals surface area (Å²) < 4.78 is 28.8. The van der Waals surface area contributed by atoms with E-state index in [1.54, 1.807) is 24.3 Å². The fourth-order valence-electron chi connectivity index (χ4n) is 3.47. The molecular formula is C22H29N3O8S. The molecule has 1 heterocycles. The van der Waals surface area contributed by atoms with Crippen LogP contribution in [-0.2, 0) is 11.2 Å². The molecule has 2 aromatic rings. The second kappa shape index (κ2) is 11.4. The molecule has 0 aromatic heterocycles. The van der Waals surface area contributed by atoms with Gasteiger partial charge in [-0.25, -0.2) is 4.79 Å². The summed E-state index contributed by atoms with van der Waals surface area (Å²) in [6.45, 7) is 0.698. The van der Waals surface area contributed by atoms with Gasteiger partial charge in [0.2, 0.25) is 5.91 Å². The summed E-state index contributed by atoms with van der Waals surface area (Å²) in [6, 6.07) is 11.1. The van der Waals surface area contributed by atoms with E-state index < -0.39 is 23.2 Å². The molecular weight excluding hydrogens is 466 g/mol. The number of β-amino-alcohol motifs (C(OH)–C–C–N with tert-alkyl or cyclic N) is 1. The monoisotopic (exact) mass is 495 g/mol. The topological polar surface area (TPSA) is 172 Å². The summed E-state index contributed by atoms with van der Waals surface area (Å²) in [4.78, 5) is 23.2. The minimum absolute atomic E-state index is 0.0885. The van der Waals surface area contributed by atoms with Crippen LogP contribution in [-0.4, -0.2) is 62.2 Å². The molecule has 1 unspecified atom stereocenters. The van der Waals surface area contributed by atoms with E-state index >= 15 is 0 Å². The van der Waals surface area contributed by atoms with Crippen molar-refractivity contribution >= 4 is 28.5 Å². The van der Waals surface area contributed by atoms with Gasteiger partial charge in [-0.15, -0.1) is 0 Å². The number of aromatic hydroxyl groups is 1. The Morgan fingerprint density at radius 3 is 2.62 bits per heavy atom.